The van der Waals surface area contributed by atoms with E-state index >= 15 is 0 Å². The van der Waals surface area contributed by atoms with E-state index in [0.717, 1.165) is 0 Å². The fourth-order valence-corrected chi connectivity index (χ4v) is 2.25. The summed E-state index contributed by atoms with van der Waals surface area (Å²) in [6, 6.07) is 0. The van der Waals surface area contributed by atoms with Crippen molar-refractivity contribution in [1.82, 2.24) is 9.96 Å². The first kappa shape index (κ1) is 17.0. The van der Waals surface area contributed by atoms with Gasteiger partial charge in [-0.3, -0.25) is 19.3 Å². The molecule has 1 unspecified atom stereocenters. The third-order valence-electron chi connectivity index (χ3n) is 3.23. The fraction of sp³-hybridized carbons (Fsp3) is 0.714. The maximum Gasteiger partial charge on any atom is 0.535 e. The van der Waals surface area contributed by atoms with Gasteiger partial charge in [-0.15, -0.1) is 0 Å². The molecular formula is C14H20N2O7. The number of hydroxylamine groups is 2. The fourth-order valence-electron chi connectivity index (χ4n) is 2.25. The van der Waals surface area contributed by atoms with Gasteiger partial charge >= 0.3 is 12.2 Å². The monoisotopic (exact) mass is 328 g/mol. The third kappa shape index (κ3) is 4.33. The van der Waals surface area contributed by atoms with Gasteiger partial charge in [-0.05, 0) is 27.2 Å². The Hall–Kier alpha value is -2.32. The first-order chi connectivity index (χ1) is 10.7. The van der Waals surface area contributed by atoms with Crippen molar-refractivity contribution in [3.63, 3.8) is 0 Å². The second-order valence-corrected chi connectivity index (χ2v) is 6.31. The molecule has 0 spiro atoms. The van der Waals surface area contributed by atoms with Crippen LogP contribution in [0.1, 0.15) is 46.5 Å². The van der Waals surface area contributed by atoms with Crippen molar-refractivity contribution in [2.24, 2.45) is 0 Å². The van der Waals surface area contributed by atoms with Gasteiger partial charge in [-0.25, -0.2) is 9.59 Å². The van der Waals surface area contributed by atoms with Crippen LogP contribution in [-0.2, 0) is 23.9 Å². The summed E-state index contributed by atoms with van der Waals surface area (Å²) in [6.45, 7) is 5.58. The maximum absolute atomic E-state index is 12.1. The number of amides is 3. The van der Waals surface area contributed by atoms with Gasteiger partial charge in [-0.2, -0.15) is 0 Å². The summed E-state index contributed by atoms with van der Waals surface area (Å²) in [5, 5.41) is 0.398. The van der Waals surface area contributed by atoms with Gasteiger partial charge in [-0.1, -0.05) is 5.06 Å². The highest BCUT2D eigenvalue weighted by Crippen LogP contribution is 2.22. The van der Waals surface area contributed by atoms with Crippen LogP contribution in [0.5, 0.6) is 0 Å². The van der Waals surface area contributed by atoms with E-state index in [9.17, 15) is 19.2 Å². The molecule has 128 valence electrons. The molecule has 2 rings (SSSR count). The molecule has 23 heavy (non-hydrogen) atoms. The Morgan fingerprint density at radius 1 is 1.13 bits per heavy atom. The standard InChI is InChI=1S/C14H20N2O7/c1-14(2,3)22-12(19)15-8-4-5-11(15)21-13(20)23-16-9(17)6-7-10(16)18/h11H,4-8H2,1-3H3. The molecule has 0 bridgehead atoms. The molecule has 2 aliphatic heterocycles. The number of hydrogen-bond donors (Lipinski definition) is 0. The highest BCUT2D eigenvalue weighted by Gasteiger charge is 2.38. The van der Waals surface area contributed by atoms with Crippen LogP contribution < -0.4 is 0 Å². The van der Waals surface area contributed by atoms with Gasteiger partial charge in [0, 0.05) is 25.8 Å². The summed E-state index contributed by atoms with van der Waals surface area (Å²) in [4.78, 5) is 52.4. The third-order valence-corrected chi connectivity index (χ3v) is 3.23. The molecular weight excluding hydrogens is 308 g/mol. The molecule has 0 radical (unpaired) electrons. The van der Waals surface area contributed by atoms with Gasteiger partial charge < -0.3 is 9.47 Å². The molecule has 0 aromatic rings. The average molecular weight is 328 g/mol. The first-order valence-corrected chi connectivity index (χ1v) is 7.41. The van der Waals surface area contributed by atoms with Gasteiger partial charge in [0.25, 0.3) is 11.8 Å². The number of imide groups is 1. The SMILES string of the molecule is CC(C)(C)OC(=O)N1CCCC1OC(=O)ON1C(=O)CCC1=O. The Morgan fingerprint density at radius 3 is 2.30 bits per heavy atom. The molecule has 0 saturated carbocycles. The average Bonchev–Trinajstić information content (AvgIpc) is 2.98. The number of ether oxygens (including phenoxy) is 2. The molecule has 2 saturated heterocycles. The van der Waals surface area contributed by atoms with Crippen molar-refractivity contribution >= 4 is 24.1 Å². The van der Waals surface area contributed by atoms with E-state index in [2.05, 4.69) is 4.84 Å². The molecule has 1 atom stereocenters. The zero-order valence-electron chi connectivity index (χ0n) is 13.4. The van der Waals surface area contributed by atoms with Gasteiger partial charge in [0.1, 0.15) is 5.60 Å². The van der Waals surface area contributed by atoms with Crippen LogP contribution >= 0.6 is 0 Å². The zero-order valence-corrected chi connectivity index (χ0v) is 13.4. The lowest BCUT2D eigenvalue weighted by molar-refractivity contribution is -0.180. The number of likely N-dealkylation sites (tertiary alicyclic amines) is 1. The van der Waals surface area contributed by atoms with E-state index in [1.54, 1.807) is 20.8 Å². The van der Waals surface area contributed by atoms with Crippen LogP contribution in [-0.4, -0.2) is 52.4 Å². The van der Waals surface area contributed by atoms with E-state index < -0.39 is 35.9 Å². The minimum Gasteiger partial charge on any atom is -0.444 e. The lowest BCUT2D eigenvalue weighted by Crippen LogP contribution is -2.42. The Labute approximate surface area is 133 Å². The second-order valence-electron chi connectivity index (χ2n) is 6.31. The normalized spacial score (nSPS) is 21.6. The van der Waals surface area contributed by atoms with Crippen LogP contribution in [0.25, 0.3) is 0 Å². The van der Waals surface area contributed by atoms with Crippen LogP contribution in [0.3, 0.4) is 0 Å². The summed E-state index contributed by atoms with van der Waals surface area (Å²) in [5.74, 6) is -1.19. The Kier molecular flexibility index (Phi) is 4.76. The maximum atomic E-state index is 12.1. The van der Waals surface area contributed by atoms with Gasteiger partial charge in [0.15, 0.2) is 6.23 Å². The molecule has 2 heterocycles. The highest BCUT2D eigenvalue weighted by atomic mass is 16.8. The molecule has 0 aromatic carbocycles. The lowest BCUT2D eigenvalue weighted by Gasteiger charge is -2.28. The topological polar surface area (TPSA) is 102 Å². The van der Waals surface area contributed by atoms with Gasteiger partial charge in [0.05, 0.1) is 0 Å². The summed E-state index contributed by atoms with van der Waals surface area (Å²) in [5.41, 5.74) is -0.668. The number of carbonyl (C=O) groups excluding carboxylic acids is 4. The largest absolute Gasteiger partial charge is 0.535 e. The molecule has 2 fully saturated rings. The Morgan fingerprint density at radius 2 is 1.74 bits per heavy atom. The summed E-state index contributed by atoms with van der Waals surface area (Å²) >= 11 is 0. The van der Waals surface area contributed by atoms with Gasteiger partial charge in [0.2, 0.25) is 0 Å². The van der Waals surface area contributed by atoms with Crippen molar-refractivity contribution in [2.45, 2.75) is 58.3 Å². The predicted molar refractivity (Wildman–Crippen MR) is 74.6 cm³/mol. The minimum atomic E-state index is -1.20. The summed E-state index contributed by atoms with van der Waals surface area (Å²) < 4.78 is 10.3. The zero-order chi connectivity index (χ0) is 17.2. The Bertz CT molecular complexity index is 510. The van der Waals surface area contributed by atoms with Crippen molar-refractivity contribution in [3.8, 4) is 0 Å². The number of nitrogens with zero attached hydrogens (tertiary/aromatic N) is 2. The summed E-state index contributed by atoms with van der Waals surface area (Å²) in [7, 11) is 0. The van der Waals surface area contributed by atoms with Crippen molar-refractivity contribution in [2.75, 3.05) is 6.54 Å². The number of carbonyl (C=O) groups is 4. The predicted octanol–water partition coefficient (Wildman–Crippen LogP) is 1.56. The van der Waals surface area contributed by atoms with Crippen LogP contribution in [0.2, 0.25) is 0 Å². The van der Waals surface area contributed by atoms with Crippen LogP contribution in [0, 0.1) is 0 Å². The number of rotatable bonds is 2. The smallest absolute Gasteiger partial charge is 0.444 e. The van der Waals surface area contributed by atoms with Crippen molar-refractivity contribution < 1.29 is 33.5 Å². The summed E-state index contributed by atoms with van der Waals surface area (Å²) in [6.07, 6.45) is -1.57. The van der Waals surface area contributed by atoms with E-state index in [-0.39, 0.29) is 12.8 Å². The van der Waals surface area contributed by atoms with E-state index in [0.29, 0.717) is 24.4 Å². The molecule has 0 aromatic heterocycles. The minimum absolute atomic E-state index is 0.000421. The van der Waals surface area contributed by atoms with E-state index in [4.69, 9.17) is 9.47 Å². The lowest BCUT2D eigenvalue weighted by atomic mass is 10.2. The van der Waals surface area contributed by atoms with E-state index in [1.807, 2.05) is 0 Å². The quantitative estimate of drug-likeness (QED) is 0.560. The second kappa shape index (κ2) is 6.43. The van der Waals surface area contributed by atoms with E-state index in [1.165, 1.54) is 4.90 Å². The highest BCUT2D eigenvalue weighted by molar-refractivity contribution is 6.01. The molecule has 9 heteroatoms. The molecule has 0 N–H and O–H groups in total. The number of hydrogen-bond acceptors (Lipinski definition) is 7. The first-order valence-electron chi connectivity index (χ1n) is 7.41. The Balaban J connectivity index is 1.90. The van der Waals surface area contributed by atoms with Crippen LogP contribution in [0.15, 0.2) is 0 Å². The molecule has 2 aliphatic rings. The molecule has 3 amide bonds. The van der Waals surface area contributed by atoms with Crippen molar-refractivity contribution in [1.29, 1.82) is 0 Å². The molecule has 9 nitrogen and oxygen atoms in total. The molecule has 0 aliphatic carbocycles. The van der Waals surface area contributed by atoms with Crippen LogP contribution in [0.4, 0.5) is 9.59 Å². The van der Waals surface area contributed by atoms with Crippen molar-refractivity contribution in [3.05, 3.63) is 0 Å².